The van der Waals surface area contributed by atoms with E-state index in [0.29, 0.717) is 5.82 Å². The fourth-order valence-electron chi connectivity index (χ4n) is 0.844. The van der Waals surface area contributed by atoms with Crippen molar-refractivity contribution in [1.29, 1.82) is 0 Å². The molecule has 1 rings (SSSR count). The predicted octanol–water partition coefficient (Wildman–Crippen LogP) is 1.50. The van der Waals surface area contributed by atoms with Crippen molar-refractivity contribution in [2.45, 2.75) is 6.92 Å². The van der Waals surface area contributed by atoms with Crippen LogP contribution in [-0.2, 0) is 4.79 Å². The number of hydrogen-bond donors (Lipinski definition) is 2. The second-order valence-electron chi connectivity index (χ2n) is 2.52. The molecule has 0 bridgehead atoms. The van der Waals surface area contributed by atoms with Crippen molar-refractivity contribution < 1.29 is 14.7 Å². The van der Waals surface area contributed by atoms with Gasteiger partial charge in [0, 0.05) is 6.92 Å². The van der Waals surface area contributed by atoms with E-state index in [0.717, 1.165) is 0 Å². The highest BCUT2D eigenvalue weighted by Gasteiger charge is 2.09. The Hall–Kier alpha value is -1.43. The number of aromatic carboxylic acids is 1. The lowest BCUT2D eigenvalue weighted by Gasteiger charge is -2.03. The number of pyridine rings is 1. The molecule has 0 radical (unpaired) electrons. The van der Waals surface area contributed by atoms with E-state index in [9.17, 15) is 9.59 Å². The maximum atomic E-state index is 10.7. The number of aromatic nitrogens is 1. The first-order valence-corrected chi connectivity index (χ1v) is 4.47. The quantitative estimate of drug-likeness (QED) is 0.789. The van der Waals surface area contributed by atoms with Gasteiger partial charge in [-0.2, -0.15) is 0 Å². The van der Waals surface area contributed by atoms with E-state index in [4.69, 9.17) is 5.11 Å². The highest BCUT2D eigenvalue weighted by molar-refractivity contribution is 9.10. The van der Waals surface area contributed by atoms with Crippen LogP contribution in [0.25, 0.3) is 0 Å². The van der Waals surface area contributed by atoms with Gasteiger partial charge >= 0.3 is 5.97 Å². The molecule has 6 heteroatoms. The van der Waals surface area contributed by atoms with Crippen LogP contribution in [0.4, 0.5) is 5.82 Å². The minimum Gasteiger partial charge on any atom is -0.478 e. The molecule has 74 valence electrons. The molecule has 1 amide bonds. The lowest BCUT2D eigenvalue weighted by atomic mass is 10.3. The molecule has 2 N–H and O–H groups in total. The summed E-state index contributed by atoms with van der Waals surface area (Å²) >= 11 is 2.99. The Morgan fingerprint density at radius 2 is 2.14 bits per heavy atom. The van der Waals surface area contributed by atoms with Crippen molar-refractivity contribution in [3.8, 4) is 0 Å². The zero-order valence-electron chi connectivity index (χ0n) is 7.24. The minimum atomic E-state index is -1.07. The summed E-state index contributed by atoms with van der Waals surface area (Å²) in [5, 5.41) is 11.1. The smallest absolute Gasteiger partial charge is 0.338 e. The Kier molecular flexibility index (Phi) is 3.19. The molecule has 0 spiro atoms. The lowest BCUT2D eigenvalue weighted by molar-refractivity contribution is -0.114. The summed E-state index contributed by atoms with van der Waals surface area (Å²) in [4.78, 5) is 25.1. The molecule has 0 saturated heterocycles. The standard InChI is InChI=1S/C8H7BrN2O3/c1-4(12)10-6-3-2-5(8(13)14)7(9)11-6/h2-3H,1H3,(H,13,14)(H,10,11,12). The molecule has 14 heavy (non-hydrogen) atoms. The molecular formula is C8H7BrN2O3. The van der Waals surface area contributed by atoms with Crippen molar-refractivity contribution in [2.75, 3.05) is 5.32 Å². The maximum Gasteiger partial charge on any atom is 0.338 e. The first-order chi connectivity index (χ1) is 6.50. The van der Waals surface area contributed by atoms with Crippen LogP contribution in [0.5, 0.6) is 0 Å². The molecule has 0 saturated carbocycles. The zero-order valence-corrected chi connectivity index (χ0v) is 8.83. The number of anilines is 1. The lowest BCUT2D eigenvalue weighted by Crippen LogP contribution is -2.08. The van der Waals surface area contributed by atoms with Gasteiger partial charge in [0.15, 0.2) is 0 Å². The van der Waals surface area contributed by atoms with Gasteiger partial charge in [-0.05, 0) is 28.1 Å². The number of halogens is 1. The van der Waals surface area contributed by atoms with Gasteiger partial charge in [0.1, 0.15) is 10.4 Å². The van der Waals surface area contributed by atoms with Crippen LogP contribution in [0.2, 0.25) is 0 Å². The van der Waals surface area contributed by atoms with Crippen LogP contribution in [0.1, 0.15) is 17.3 Å². The third-order valence-corrected chi connectivity index (χ3v) is 1.99. The van der Waals surface area contributed by atoms with Crippen LogP contribution in [0.3, 0.4) is 0 Å². The van der Waals surface area contributed by atoms with E-state index in [1.807, 2.05) is 0 Å². The summed E-state index contributed by atoms with van der Waals surface area (Å²) < 4.78 is 0.191. The molecule has 1 aromatic rings. The summed E-state index contributed by atoms with van der Waals surface area (Å²) in [6, 6.07) is 2.79. The monoisotopic (exact) mass is 258 g/mol. The Morgan fingerprint density at radius 3 is 2.57 bits per heavy atom. The third kappa shape index (κ3) is 2.53. The number of nitrogens with zero attached hydrogens (tertiary/aromatic N) is 1. The molecule has 0 aliphatic heterocycles. The Labute approximate surface area is 88.3 Å². The van der Waals surface area contributed by atoms with Crippen molar-refractivity contribution in [3.63, 3.8) is 0 Å². The highest BCUT2D eigenvalue weighted by atomic mass is 79.9. The van der Waals surface area contributed by atoms with E-state index in [2.05, 4.69) is 26.2 Å². The van der Waals surface area contributed by atoms with Crippen molar-refractivity contribution >= 4 is 33.6 Å². The largest absolute Gasteiger partial charge is 0.478 e. The summed E-state index contributed by atoms with van der Waals surface area (Å²) in [6.45, 7) is 1.35. The highest BCUT2D eigenvalue weighted by Crippen LogP contribution is 2.16. The zero-order chi connectivity index (χ0) is 10.7. The van der Waals surface area contributed by atoms with E-state index >= 15 is 0 Å². The molecule has 0 fully saturated rings. The van der Waals surface area contributed by atoms with E-state index in [-0.39, 0.29) is 16.1 Å². The molecule has 0 atom stereocenters. The molecule has 0 aromatic carbocycles. The number of amides is 1. The molecular weight excluding hydrogens is 252 g/mol. The van der Waals surface area contributed by atoms with Gasteiger partial charge in [-0.15, -0.1) is 0 Å². The number of carboxylic acid groups (broad SMARTS) is 1. The molecule has 5 nitrogen and oxygen atoms in total. The average molecular weight is 259 g/mol. The van der Waals surface area contributed by atoms with Crippen molar-refractivity contribution in [3.05, 3.63) is 22.3 Å². The van der Waals surface area contributed by atoms with E-state index < -0.39 is 5.97 Å². The normalized spacial score (nSPS) is 9.57. The van der Waals surface area contributed by atoms with Crippen molar-refractivity contribution in [2.24, 2.45) is 0 Å². The summed E-state index contributed by atoms with van der Waals surface area (Å²) in [6.07, 6.45) is 0. The molecule has 0 unspecified atom stereocenters. The van der Waals surface area contributed by atoms with E-state index in [1.54, 1.807) is 0 Å². The number of carboxylic acids is 1. The molecule has 1 heterocycles. The van der Waals surface area contributed by atoms with Gasteiger partial charge in [0.2, 0.25) is 5.91 Å². The van der Waals surface area contributed by atoms with Crippen LogP contribution in [-0.4, -0.2) is 22.0 Å². The second-order valence-corrected chi connectivity index (χ2v) is 3.27. The van der Waals surface area contributed by atoms with Gasteiger partial charge in [-0.1, -0.05) is 0 Å². The number of rotatable bonds is 2. The Morgan fingerprint density at radius 1 is 1.50 bits per heavy atom. The first kappa shape index (κ1) is 10.6. The van der Waals surface area contributed by atoms with Gasteiger partial charge in [0.25, 0.3) is 0 Å². The minimum absolute atomic E-state index is 0.0547. The molecule has 1 aromatic heterocycles. The second kappa shape index (κ2) is 4.19. The molecule has 0 aliphatic carbocycles. The summed E-state index contributed by atoms with van der Waals surface area (Å²) in [7, 11) is 0. The SMILES string of the molecule is CC(=O)Nc1ccc(C(=O)O)c(Br)n1. The fourth-order valence-corrected chi connectivity index (χ4v) is 1.34. The van der Waals surface area contributed by atoms with Gasteiger partial charge < -0.3 is 10.4 Å². The summed E-state index contributed by atoms with van der Waals surface area (Å²) in [5.41, 5.74) is 0.0547. The Bertz CT molecular complexity index is 392. The number of hydrogen-bond acceptors (Lipinski definition) is 3. The Balaban J connectivity index is 3.00. The summed E-state index contributed by atoms with van der Waals surface area (Å²) in [5.74, 6) is -1.01. The number of nitrogens with one attached hydrogen (secondary N) is 1. The van der Waals surface area contributed by atoms with Crippen LogP contribution in [0.15, 0.2) is 16.7 Å². The average Bonchev–Trinajstić information content (AvgIpc) is 2.01. The fraction of sp³-hybridized carbons (Fsp3) is 0.125. The first-order valence-electron chi connectivity index (χ1n) is 3.68. The van der Waals surface area contributed by atoms with Crippen LogP contribution >= 0.6 is 15.9 Å². The van der Waals surface area contributed by atoms with Gasteiger partial charge in [-0.25, -0.2) is 9.78 Å². The van der Waals surface area contributed by atoms with E-state index in [1.165, 1.54) is 19.1 Å². The predicted molar refractivity (Wildman–Crippen MR) is 53.2 cm³/mol. The number of carbonyl (C=O) groups is 2. The van der Waals surface area contributed by atoms with Crippen molar-refractivity contribution in [1.82, 2.24) is 4.98 Å². The van der Waals surface area contributed by atoms with Crippen LogP contribution < -0.4 is 5.32 Å². The van der Waals surface area contributed by atoms with Crippen LogP contribution in [0, 0.1) is 0 Å². The number of carbonyl (C=O) groups excluding carboxylic acids is 1. The third-order valence-electron chi connectivity index (χ3n) is 1.38. The molecule has 0 aliphatic rings. The van der Waals surface area contributed by atoms with Gasteiger partial charge in [0.05, 0.1) is 5.56 Å². The maximum absolute atomic E-state index is 10.7. The van der Waals surface area contributed by atoms with Gasteiger partial charge in [-0.3, -0.25) is 4.79 Å². The topological polar surface area (TPSA) is 79.3 Å².